The van der Waals surface area contributed by atoms with Crippen molar-refractivity contribution in [3.05, 3.63) is 17.7 Å². The molecule has 0 bridgehead atoms. The zero-order valence-corrected chi connectivity index (χ0v) is 13.0. The van der Waals surface area contributed by atoms with Crippen molar-refractivity contribution in [1.29, 1.82) is 0 Å². The van der Waals surface area contributed by atoms with Gasteiger partial charge in [0, 0.05) is 34.7 Å². The molecule has 2 rings (SSSR count). The molecule has 0 spiro atoms. The third-order valence-electron chi connectivity index (χ3n) is 3.25. The quantitative estimate of drug-likeness (QED) is 0.815. The van der Waals surface area contributed by atoms with E-state index in [1.165, 1.54) is 17.9 Å². The Labute approximate surface area is 118 Å². The largest absolute Gasteiger partial charge is 0.344 e. The van der Waals surface area contributed by atoms with Gasteiger partial charge in [-0.15, -0.1) is 11.8 Å². The molecule has 3 atom stereocenters. The van der Waals surface area contributed by atoms with Crippen molar-refractivity contribution in [2.24, 2.45) is 0 Å². The van der Waals surface area contributed by atoms with Crippen molar-refractivity contribution >= 4 is 23.5 Å². The predicted molar refractivity (Wildman–Crippen MR) is 82.3 cm³/mol. The molecular weight excluding hydrogens is 262 g/mol. The standard InChI is InChI=1S/C13H23N3S2/c1-4-5-14-6-11-7-15-13(16-11)12-8-17-9(2)10(3)18-12/h7,9-10,12,14H,4-6,8H2,1-3H3,(H,15,16). The van der Waals surface area contributed by atoms with Crippen LogP contribution in [0, 0.1) is 0 Å². The zero-order chi connectivity index (χ0) is 13.0. The molecule has 0 aliphatic carbocycles. The summed E-state index contributed by atoms with van der Waals surface area (Å²) >= 11 is 4.12. The number of nitrogens with zero attached hydrogens (tertiary/aromatic N) is 1. The highest BCUT2D eigenvalue weighted by Crippen LogP contribution is 2.43. The van der Waals surface area contributed by atoms with Crippen LogP contribution in [0.25, 0.3) is 0 Å². The maximum Gasteiger partial charge on any atom is 0.120 e. The average Bonchev–Trinajstić information content (AvgIpc) is 2.82. The van der Waals surface area contributed by atoms with E-state index in [1.54, 1.807) is 0 Å². The molecule has 3 unspecified atom stereocenters. The highest BCUT2D eigenvalue weighted by Gasteiger charge is 2.28. The molecule has 1 aliphatic rings. The van der Waals surface area contributed by atoms with Gasteiger partial charge in [-0.25, -0.2) is 4.98 Å². The van der Waals surface area contributed by atoms with E-state index in [4.69, 9.17) is 0 Å². The average molecular weight is 285 g/mol. The van der Waals surface area contributed by atoms with E-state index in [9.17, 15) is 0 Å². The molecule has 2 heterocycles. The number of nitrogens with one attached hydrogen (secondary N) is 2. The number of aromatic nitrogens is 2. The van der Waals surface area contributed by atoms with E-state index in [1.807, 2.05) is 6.20 Å². The second kappa shape index (κ2) is 6.87. The van der Waals surface area contributed by atoms with E-state index in [0.717, 1.165) is 24.2 Å². The van der Waals surface area contributed by atoms with E-state index in [0.29, 0.717) is 10.5 Å². The molecular formula is C13H23N3S2. The molecule has 0 radical (unpaired) electrons. The van der Waals surface area contributed by atoms with E-state index in [2.05, 4.69) is 59.6 Å². The molecule has 18 heavy (non-hydrogen) atoms. The van der Waals surface area contributed by atoms with Crippen molar-refractivity contribution in [2.45, 2.75) is 49.5 Å². The first kappa shape index (κ1) is 14.3. The van der Waals surface area contributed by atoms with Crippen molar-refractivity contribution in [1.82, 2.24) is 15.3 Å². The number of rotatable bonds is 5. The monoisotopic (exact) mass is 285 g/mol. The lowest BCUT2D eigenvalue weighted by molar-refractivity contribution is 0.665. The fourth-order valence-corrected chi connectivity index (χ4v) is 4.83. The maximum absolute atomic E-state index is 4.55. The Hall–Kier alpha value is -0.130. The summed E-state index contributed by atoms with van der Waals surface area (Å²) in [6.45, 7) is 8.79. The first-order chi connectivity index (χ1) is 8.70. The summed E-state index contributed by atoms with van der Waals surface area (Å²) in [6, 6.07) is 0. The Morgan fingerprint density at radius 2 is 2.28 bits per heavy atom. The van der Waals surface area contributed by atoms with Gasteiger partial charge in [0.2, 0.25) is 0 Å². The molecule has 0 amide bonds. The molecule has 1 aromatic rings. The molecule has 1 aromatic heterocycles. The normalized spacial score (nSPS) is 28.5. The minimum Gasteiger partial charge on any atom is -0.344 e. The molecule has 5 heteroatoms. The van der Waals surface area contributed by atoms with Gasteiger partial charge in [0.1, 0.15) is 5.82 Å². The Balaban J connectivity index is 1.89. The summed E-state index contributed by atoms with van der Waals surface area (Å²) in [5.41, 5.74) is 1.20. The van der Waals surface area contributed by atoms with Crippen LogP contribution in [0.5, 0.6) is 0 Å². The van der Waals surface area contributed by atoms with Gasteiger partial charge < -0.3 is 10.3 Å². The highest BCUT2D eigenvalue weighted by atomic mass is 32.2. The van der Waals surface area contributed by atoms with Crippen LogP contribution >= 0.6 is 23.5 Å². The molecule has 0 saturated carbocycles. The third-order valence-corrected chi connectivity index (χ3v) is 6.64. The Bertz CT molecular complexity index is 367. The van der Waals surface area contributed by atoms with Crippen LogP contribution in [-0.4, -0.2) is 32.8 Å². The van der Waals surface area contributed by atoms with Gasteiger partial charge in [-0.1, -0.05) is 20.8 Å². The fraction of sp³-hybridized carbons (Fsp3) is 0.769. The lowest BCUT2D eigenvalue weighted by Crippen LogP contribution is -2.22. The van der Waals surface area contributed by atoms with Crippen LogP contribution in [-0.2, 0) is 6.54 Å². The number of hydrogen-bond donors (Lipinski definition) is 2. The fourth-order valence-electron chi connectivity index (χ4n) is 1.96. The first-order valence-corrected chi connectivity index (χ1v) is 8.71. The molecule has 0 aromatic carbocycles. The second-order valence-electron chi connectivity index (χ2n) is 4.84. The number of hydrogen-bond acceptors (Lipinski definition) is 4. The molecule has 2 N–H and O–H groups in total. The topological polar surface area (TPSA) is 40.7 Å². The van der Waals surface area contributed by atoms with Crippen LogP contribution in [0.2, 0.25) is 0 Å². The van der Waals surface area contributed by atoms with Gasteiger partial charge in [-0.05, 0) is 13.0 Å². The van der Waals surface area contributed by atoms with Gasteiger partial charge in [-0.2, -0.15) is 11.8 Å². The minimum atomic E-state index is 0.529. The molecule has 1 aliphatic heterocycles. The Morgan fingerprint density at radius 3 is 3.00 bits per heavy atom. The summed E-state index contributed by atoms with van der Waals surface area (Å²) < 4.78 is 0. The molecule has 102 valence electrons. The summed E-state index contributed by atoms with van der Waals surface area (Å²) in [5, 5.41) is 5.39. The summed E-state index contributed by atoms with van der Waals surface area (Å²) in [7, 11) is 0. The molecule has 1 fully saturated rings. The summed E-state index contributed by atoms with van der Waals surface area (Å²) in [6.07, 6.45) is 3.15. The van der Waals surface area contributed by atoms with Crippen LogP contribution in [0.4, 0.5) is 0 Å². The third kappa shape index (κ3) is 3.68. The summed E-state index contributed by atoms with van der Waals surface area (Å²) in [5.74, 6) is 2.32. The van der Waals surface area contributed by atoms with Crippen molar-refractivity contribution < 1.29 is 0 Å². The van der Waals surface area contributed by atoms with Crippen molar-refractivity contribution in [3.63, 3.8) is 0 Å². The SMILES string of the molecule is CCCNCc1cnc(C2CSC(C)C(C)S2)[nH]1. The zero-order valence-electron chi connectivity index (χ0n) is 11.4. The highest BCUT2D eigenvalue weighted by molar-refractivity contribution is 8.07. The predicted octanol–water partition coefficient (Wildman–Crippen LogP) is 3.21. The number of thioether (sulfide) groups is 2. The van der Waals surface area contributed by atoms with Gasteiger partial charge >= 0.3 is 0 Å². The van der Waals surface area contributed by atoms with Gasteiger partial charge in [0.25, 0.3) is 0 Å². The number of aromatic amines is 1. The smallest absolute Gasteiger partial charge is 0.120 e. The maximum atomic E-state index is 4.55. The first-order valence-electron chi connectivity index (χ1n) is 6.72. The van der Waals surface area contributed by atoms with Crippen LogP contribution in [0.3, 0.4) is 0 Å². The molecule has 3 nitrogen and oxygen atoms in total. The van der Waals surface area contributed by atoms with Crippen LogP contribution in [0.1, 0.15) is 44.0 Å². The van der Waals surface area contributed by atoms with E-state index >= 15 is 0 Å². The minimum absolute atomic E-state index is 0.529. The summed E-state index contributed by atoms with van der Waals surface area (Å²) in [4.78, 5) is 8.02. The van der Waals surface area contributed by atoms with E-state index in [-0.39, 0.29) is 0 Å². The van der Waals surface area contributed by atoms with Gasteiger partial charge in [0.15, 0.2) is 0 Å². The number of H-pyrrole nitrogens is 1. The van der Waals surface area contributed by atoms with E-state index < -0.39 is 0 Å². The van der Waals surface area contributed by atoms with Crippen LogP contribution < -0.4 is 5.32 Å². The lowest BCUT2D eigenvalue weighted by Gasteiger charge is -2.30. The van der Waals surface area contributed by atoms with Crippen molar-refractivity contribution in [3.8, 4) is 0 Å². The Kier molecular flexibility index (Phi) is 5.45. The van der Waals surface area contributed by atoms with Gasteiger partial charge in [-0.3, -0.25) is 0 Å². The lowest BCUT2D eigenvalue weighted by atomic mass is 10.3. The molecule has 1 saturated heterocycles. The van der Waals surface area contributed by atoms with Crippen molar-refractivity contribution in [2.75, 3.05) is 12.3 Å². The number of imidazole rings is 1. The Morgan fingerprint density at radius 1 is 1.44 bits per heavy atom. The van der Waals surface area contributed by atoms with Crippen LogP contribution in [0.15, 0.2) is 6.20 Å². The second-order valence-corrected chi connectivity index (χ2v) is 7.83. The van der Waals surface area contributed by atoms with Gasteiger partial charge in [0.05, 0.1) is 5.25 Å².